The Morgan fingerprint density at radius 2 is 2.10 bits per heavy atom. The van der Waals surface area contributed by atoms with Gasteiger partial charge in [-0.15, -0.1) is 0 Å². The molecule has 2 heterocycles. The standard InChI is InChI=1S/C11H8N6O2S/c12-5-7-6-14-17(10(7)20(13,18)19)11-15-8-3-1-2-4-9(8)16-11/h1-4,6H,(H,15,16)(H2,13,18,19). The average molecular weight is 288 g/mol. The molecule has 9 heteroatoms. The number of aromatic nitrogens is 4. The number of nitrogens with one attached hydrogen (secondary N) is 1. The van der Waals surface area contributed by atoms with Gasteiger partial charge in [0.05, 0.1) is 17.2 Å². The van der Waals surface area contributed by atoms with Gasteiger partial charge < -0.3 is 4.98 Å². The first-order chi connectivity index (χ1) is 9.50. The van der Waals surface area contributed by atoms with E-state index in [9.17, 15) is 8.42 Å². The number of nitrogens with zero attached hydrogens (tertiary/aromatic N) is 4. The van der Waals surface area contributed by atoms with Crippen LogP contribution in [0, 0.1) is 11.3 Å². The molecule has 20 heavy (non-hydrogen) atoms. The zero-order valence-electron chi connectivity index (χ0n) is 9.98. The van der Waals surface area contributed by atoms with Crippen molar-refractivity contribution in [1.82, 2.24) is 19.7 Å². The van der Waals surface area contributed by atoms with Crippen LogP contribution in [-0.2, 0) is 10.0 Å². The van der Waals surface area contributed by atoms with Crippen LogP contribution in [0.4, 0.5) is 0 Å². The predicted octanol–water partition coefficient (Wildman–Crippen LogP) is 0.268. The molecular weight excluding hydrogens is 280 g/mol. The summed E-state index contributed by atoms with van der Waals surface area (Å²) in [6.45, 7) is 0. The quantitative estimate of drug-likeness (QED) is 0.698. The van der Waals surface area contributed by atoms with Crippen LogP contribution in [0.25, 0.3) is 17.0 Å². The number of benzene rings is 1. The highest BCUT2D eigenvalue weighted by molar-refractivity contribution is 7.89. The summed E-state index contributed by atoms with van der Waals surface area (Å²) < 4.78 is 24.2. The second-order valence-electron chi connectivity index (χ2n) is 4.01. The molecule has 0 unspecified atom stereocenters. The molecule has 0 bridgehead atoms. The van der Waals surface area contributed by atoms with Crippen molar-refractivity contribution >= 4 is 21.1 Å². The van der Waals surface area contributed by atoms with Crippen molar-refractivity contribution in [1.29, 1.82) is 5.26 Å². The topological polar surface area (TPSA) is 130 Å². The van der Waals surface area contributed by atoms with E-state index in [0.717, 1.165) is 16.4 Å². The minimum atomic E-state index is -4.10. The van der Waals surface area contributed by atoms with Crippen LogP contribution >= 0.6 is 0 Å². The third-order valence-corrected chi connectivity index (χ3v) is 3.62. The third kappa shape index (κ3) is 1.83. The number of nitriles is 1. The van der Waals surface area contributed by atoms with E-state index in [1.54, 1.807) is 24.3 Å². The lowest BCUT2D eigenvalue weighted by Gasteiger charge is -2.01. The fourth-order valence-corrected chi connectivity index (χ4v) is 2.66. The molecule has 0 aliphatic rings. The largest absolute Gasteiger partial charge is 0.322 e. The number of primary sulfonamides is 1. The Kier molecular flexibility index (Phi) is 2.56. The van der Waals surface area contributed by atoms with Gasteiger partial charge in [0.15, 0.2) is 5.03 Å². The Balaban J connectivity index is 2.30. The Hall–Kier alpha value is -2.70. The van der Waals surface area contributed by atoms with Gasteiger partial charge in [0.1, 0.15) is 11.6 Å². The minimum absolute atomic E-state index is 0.132. The molecule has 3 rings (SSSR count). The van der Waals surface area contributed by atoms with Crippen molar-refractivity contribution in [3.63, 3.8) is 0 Å². The van der Waals surface area contributed by atoms with Crippen molar-refractivity contribution in [2.45, 2.75) is 5.03 Å². The van der Waals surface area contributed by atoms with Crippen LogP contribution in [0.1, 0.15) is 5.56 Å². The van der Waals surface area contributed by atoms with E-state index < -0.39 is 10.0 Å². The highest BCUT2D eigenvalue weighted by Crippen LogP contribution is 2.19. The summed E-state index contributed by atoms with van der Waals surface area (Å²) in [7, 11) is -4.10. The van der Waals surface area contributed by atoms with Crippen molar-refractivity contribution in [2.75, 3.05) is 0 Å². The maximum atomic E-state index is 11.6. The van der Waals surface area contributed by atoms with Crippen LogP contribution in [0.5, 0.6) is 0 Å². The molecule has 3 aromatic rings. The van der Waals surface area contributed by atoms with Gasteiger partial charge in [-0.05, 0) is 12.1 Å². The average Bonchev–Trinajstić information content (AvgIpc) is 3.01. The number of imidazole rings is 1. The Bertz CT molecular complexity index is 914. The van der Waals surface area contributed by atoms with Crippen LogP contribution in [0.15, 0.2) is 35.5 Å². The van der Waals surface area contributed by atoms with E-state index in [-0.39, 0.29) is 16.5 Å². The molecule has 3 N–H and O–H groups in total. The zero-order chi connectivity index (χ0) is 14.3. The molecule has 100 valence electrons. The van der Waals surface area contributed by atoms with E-state index in [4.69, 9.17) is 10.4 Å². The molecule has 0 amide bonds. The molecule has 0 aliphatic heterocycles. The van der Waals surface area contributed by atoms with Gasteiger partial charge in [-0.25, -0.2) is 18.5 Å². The van der Waals surface area contributed by atoms with E-state index in [0.29, 0.717) is 5.52 Å². The summed E-state index contributed by atoms with van der Waals surface area (Å²) in [6.07, 6.45) is 1.13. The van der Waals surface area contributed by atoms with Gasteiger partial charge in [-0.3, -0.25) is 0 Å². The fraction of sp³-hybridized carbons (Fsp3) is 0. The van der Waals surface area contributed by atoms with Crippen LogP contribution in [-0.4, -0.2) is 28.2 Å². The van der Waals surface area contributed by atoms with E-state index in [1.807, 2.05) is 6.07 Å². The van der Waals surface area contributed by atoms with Crippen molar-refractivity contribution in [2.24, 2.45) is 5.14 Å². The molecule has 0 radical (unpaired) electrons. The monoisotopic (exact) mass is 288 g/mol. The molecule has 0 fully saturated rings. The van der Waals surface area contributed by atoms with E-state index in [1.165, 1.54) is 0 Å². The van der Waals surface area contributed by atoms with E-state index >= 15 is 0 Å². The van der Waals surface area contributed by atoms with Gasteiger partial charge in [-0.2, -0.15) is 15.0 Å². The van der Waals surface area contributed by atoms with Crippen LogP contribution in [0.2, 0.25) is 0 Å². The molecule has 0 saturated carbocycles. The van der Waals surface area contributed by atoms with Gasteiger partial charge in [0, 0.05) is 0 Å². The summed E-state index contributed by atoms with van der Waals surface area (Å²) in [4.78, 5) is 7.14. The molecule has 0 atom stereocenters. The number of aromatic amines is 1. The molecular formula is C11H8N6O2S. The summed E-state index contributed by atoms with van der Waals surface area (Å²) in [5.41, 5.74) is 1.24. The summed E-state index contributed by atoms with van der Waals surface area (Å²) in [6, 6.07) is 8.91. The van der Waals surface area contributed by atoms with Gasteiger partial charge in [0.25, 0.3) is 10.0 Å². The highest BCUT2D eigenvalue weighted by Gasteiger charge is 2.23. The molecule has 0 spiro atoms. The molecule has 8 nitrogen and oxygen atoms in total. The smallest absolute Gasteiger partial charge is 0.257 e. The van der Waals surface area contributed by atoms with Gasteiger partial charge >= 0.3 is 0 Å². The molecule has 0 saturated heterocycles. The summed E-state index contributed by atoms with van der Waals surface area (Å²) in [5, 5.41) is 17.5. The number of sulfonamides is 1. The zero-order valence-corrected chi connectivity index (χ0v) is 10.8. The maximum Gasteiger partial charge on any atom is 0.257 e. The molecule has 1 aromatic carbocycles. The molecule has 0 aliphatic carbocycles. The first kappa shape index (κ1) is 12.3. The van der Waals surface area contributed by atoms with Gasteiger partial charge in [0.2, 0.25) is 5.95 Å². The Morgan fingerprint density at radius 3 is 2.75 bits per heavy atom. The lowest BCUT2D eigenvalue weighted by molar-refractivity contribution is 0.585. The minimum Gasteiger partial charge on any atom is -0.322 e. The normalized spacial score (nSPS) is 11.6. The number of H-pyrrole nitrogens is 1. The second kappa shape index (κ2) is 4.16. The number of hydrogen-bond acceptors (Lipinski definition) is 5. The van der Waals surface area contributed by atoms with Crippen molar-refractivity contribution < 1.29 is 8.42 Å². The number of fused-ring (bicyclic) bond motifs is 1. The highest BCUT2D eigenvalue weighted by atomic mass is 32.2. The number of nitrogens with two attached hydrogens (primary N) is 1. The predicted molar refractivity (Wildman–Crippen MR) is 69.3 cm³/mol. The van der Waals surface area contributed by atoms with Crippen molar-refractivity contribution in [3.05, 3.63) is 36.0 Å². The SMILES string of the molecule is N#Cc1cnn(-c2nc3ccccc3[nH]2)c1S(N)(=O)=O. The van der Waals surface area contributed by atoms with Crippen molar-refractivity contribution in [3.8, 4) is 12.0 Å². The first-order valence-corrected chi connectivity index (χ1v) is 7.01. The van der Waals surface area contributed by atoms with Crippen LogP contribution < -0.4 is 5.14 Å². The second-order valence-corrected chi connectivity index (χ2v) is 5.49. The Morgan fingerprint density at radius 1 is 1.35 bits per heavy atom. The Labute approximate surface area is 113 Å². The lowest BCUT2D eigenvalue weighted by atomic mass is 10.3. The fourth-order valence-electron chi connectivity index (χ4n) is 1.88. The maximum absolute atomic E-state index is 11.6. The number of hydrogen-bond donors (Lipinski definition) is 2. The van der Waals surface area contributed by atoms with Crippen LogP contribution in [0.3, 0.4) is 0 Å². The summed E-state index contributed by atoms with van der Waals surface area (Å²) >= 11 is 0. The third-order valence-electron chi connectivity index (χ3n) is 2.69. The summed E-state index contributed by atoms with van der Waals surface area (Å²) in [5.74, 6) is 0.178. The first-order valence-electron chi connectivity index (χ1n) is 5.47. The number of rotatable bonds is 2. The van der Waals surface area contributed by atoms with Gasteiger partial charge in [-0.1, -0.05) is 12.1 Å². The van der Waals surface area contributed by atoms with E-state index in [2.05, 4.69) is 15.1 Å². The number of para-hydroxylation sites is 2. The molecule has 2 aromatic heterocycles. The lowest BCUT2D eigenvalue weighted by Crippen LogP contribution is -2.19.